The van der Waals surface area contributed by atoms with Crippen LogP contribution in [0.15, 0.2) is 18.2 Å². The average molecular weight is 298 g/mol. The number of H-pyrrole nitrogens is 1. The fourth-order valence-electron chi connectivity index (χ4n) is 3.18. The molecule has 0 unspecified atom stereocenters. The van der Waals surface area contributed by atoms with Crippen molar-refractivity contribution in [1.82, 2.24) is 10.2 Å². The topological polar surface area (TPSA) is 47.1 Å². The van der Waals surface area contributed by atoms with Crippen LogP contribution in [-0.4, -0.2) is 28.5 Å². The second kappa shape index (κ2) is 4.59. The molecule has 1 saturated heterocycles. The van der Waals surface area contributed by atoms with Gasteiger partial charge in [-0.25, -0.2) is 0 Å². The van der Waals surface area contributed by atoms with E-state index in [2.05, 4.69) is 56.1 Å². The summed E-state index contributed by atoms with van der Waals surface area (Å²) in [6.45, 7) is 8.35. The summed E-state index contributed by atoms with van der Waals surface area (Å²) in [5.41, 5.74) is 2.77. The van der Waals surface area contributed by atoms with Crippen LogP contribution in [0.25, 0.3) is 10.9 Å². The van der Waals surface area contributed by atoms with Gasteiger partial charge < -0.3 is 9.31 Å². The molecule has 0 radical (unpaired) electrons. The number of aromatic amines is 1. The summed E-state index contributed by atoms with van der Waals surface area (Å²) < 4.78 is 12.3. The first-order chi connectivity index (χ1) is 10.4. The summed E-state index contributed by atoms with van der Waals surface area (Å²) in [4.78, 5) is 0. The molecule has 1 N–H and O–H groups in total. The Morgan fingerprint density at radius 1 is 1.14 bits per heavy atom. The van der Waals surface area contributed by atoms with E-state index in [0.29, 0.717) is 5.92 Å². The van der Waals surface area contributed by atoms with Crippen LogP contribution in [0.1, 0.15) is 58.6 Å². The van der Waals surface area contributed by atoms with E-state index in [4.69, 9.17) is 9.31 Å². The number of hydrogen-bond acceptors (Lipinski definition) is 3. The predicted molar refractivity (Wildman–Crippen MR) is 88.4 cm³/mol. The molecule has 2 aliphatic rings. The largest absolute Gasteiger partial charge is 0.494 e. The van der Waals surface area contributed by atoms with Crippen LogP contribution in [-0.2, 0) is 9.31 Å². The second-order valence-electron chi connectivity index (χ2n) is 7.63. The van der Waals surface area contributed by atoms with E-state index >= 15 is 0 Å². The highest BCUT2D eigenvalue weighted by atomic mass is 16.7. The Bertz CT molecular complexity index is 703. The smallest absolute Gasteiger partial charge is 0.399 e. The van der Waals surface area contributed by atoms with Gasteiger partial charge in [0.1, 0.15) is 0 Å². The van der Waals surface area contributed by atoms with Crippen molar-refractivity contribution < 1.29 is 9.31 Å². The van der Waals surface area contributed by atoms with E-state index in [1.54, 1.807) is 0 Å². The average Bonchev–Trinajstić information content (AvgIpc) is 2.87. The van der Waals surface area contributed by atoms with E-state index in [1.807, 2.05) is 0 Å². The fourth-order valence-corrected chi connectivity index (χ4v) is 3.18. The van der Waals surface area contributed by atoms with Gasteiger partial charge in [0, 0.05) is 17.0 Å². The molecule has 1 aliphatic carbocycles. The predicted octanol–water partition coefficient (Wildman–Crippen LogP) is 3.13. The lowest BCUT2D eigenvalue weighted by molar-refractivity contribution is 0.00578. The van der Waals surface area contributed by atoms with E-state index in [9.17, 15) is 0 Å². The molecule has 1 aromatic carbocycles. The Hall–Kier alpha value is -1.33. The van der Waals surface area contributed by atoms with Crippen LogP contribution >= 0.6 is 0 Å². The van der Waals surface area contributed by atoms with Gasteiger partial charge in [0.25, 0.3) is 0 Å². The maximum atomic E-state index is 6.16. The number of nitrogens with zero attached hydrogens (tertiary/aromatic N) is 1. The summed E-state index contributed by atoms with van der Waals surface area (Å²) in [6.07, 6.45) is 3.85. The number of hydrogen-bond donors (Lipinski definition) is 1. The molecular formula is C17H23BN2O2. The van der Waals surface area contributed by atoms with Gasteiger partial charge in [0.05, 0.1) is 16.7 Å². The molecule has 5 heteroatoms. The highest BCUT2D eigenvalue weighted by Gasteiger charge is 2.51. The van der Waals surface area contributed by atoms with Crippen molar-refractivity contribution in [2.24, 2.45) is 0 Å². The quantitative estimate of drug-likeness (QED) is 0.867. The number of rotatable bonds is 2. The number of aromatic nitrogens is 2. The Morgan fingerprint density at radius 2 is 1.82 bits per heavy atom. The zero-order valence-electron chi connectivity index (χ0n) is 13.8. The van der Waals surface area contributed by atoms with Crippen molar-refractivity contribution in [3.05, 3.63) is 23.9 Å². The fraction of sp³-hybridized carbons (Fsp3) is 0.588. The van der Waals surface area contributed by atoms with Crippen LogP contribution < -0.4 is 5.46 Å². The summed E-state index contributed by atoms with van der Waals surface area (Å²) >= 11 is 0. The van der Waals surface area contributed by atoms with Crippen molar-refractivity contribution in [1.29, 1.82) is 0 Å². The first-order valence-electron chi connectivity index (χ1n) is 8.21. The minimum Gasteiger partial charge on any atom is -0.399 e. The first kappa shape index (κ1) is 14.3. The third-order valence-electron chi connectivity index (χ3n) is 5.65. The number of nitrogens with one attached hydrogen (secondary N) is 1. The van der Waals surface area contributed by atoms with Gasteiger partial charge in [-0.05, 0) is 52.1 Å². The maximum Gasteiger partial charge on any atom is 0.494 e. The minimum atomic E-state index is -0.307. The van der Waals surface area contributed by atoms with Gasteiger partial charge in [-0.15, -0.1) is 0 Å². The number of fused-ring (bicyclic) bond motifs is 1. The maximum absolute atomic E-state index is 6.16. The molecule has 4 rings (SSSR count). The van der Waals surface area contributed by atoms with Crippen LogP contribution in [0.3, 0.4) is 0 Å². The van der Waals surface area contributed by atoms with Crippen LogP contribution in [0.5, 0.6) is 0 Å². The first-order valence-corrected chi connectivity index (χ1v) is 8.21. The van der Waals surface area contributed by atoms with Crippen molar-refractivity contribution >= 4 is 23.5 Å². The Kier molecular flexibility index (Phi) is 2.98. The molecule has 2 heterocycles. The van der Waals surface area contributed by atoms with Crippen molar-refractivity contribution in [2.75, 3.05) is 0 Å². The highest BCUT2D eigenvalue weighted by molar-refractivity contribution is 6.62. The summed E-state index contributed by atoms with van der Waals surface area (Å²) in [6, 6.07) is 6.32. The zero-order valence-corrected chi connectivity index (χ0v) is 13.8. The monoisotopic (exact) mass is 298 g/mol. The van der Waals surface area contributed by atoms with Crippen LogP contribution in [0.4, 0.5) is 0 Å². The highest BCUT2D eigenvalue weighted by Crippen LogP contribution is 2.39. The van der Waals surface area contributed by atoms with Gasteiger partial charge in [0.15, 0.2) is 0 Å². The van der Waals surface area contributed by atoms with Gasteiger partial charge in [0.2, 0.25) is 0 Å². The summed E-state index contributed by atoms with van der Waals surface area (Å²) in [5, 5.41) is 8.89. The molecule has 1 aliphatic heterocycles. The third kappa shape index (κ3) is 2.03. The summed E-state index contributed by atoms with van der Waals surface area (Å²) in [5.74, 6) is 0.638. The zero-order chi connectivity index (χ0) is 15.5. The molecule has 0 atom stereocenters. The van der Waals surface area contributed by atoms with Crippen LogP contribution in [0, 0.1) is 0 Å². The molecule has 0 bridgehead atoms. The Morgan fingerprint density at radius 3 is 2.41 bits per heavy atom. The van der Waals surface area contributed by atoms with E-state index < -0.39 is 0 Å². The lowest BCUT2D eigenvalue weighted by atomic mass is 9.77. The SMILES string of the molecule is CC1(C)OB(c2ccc3n[nH]c(C4CCC4)c3c2)OC1(C)C. The van der Waals surface area contributed by atoms with E-state index in [0.717, 1.165) is 11.0 Å². The standard InChI is InChI=1S/C17H23BN2O2/c1-16(2)17(3,4)22-18(21-16)12-8-9-14-13(10-12)15(20-19-14)11-6-5-7-11/h8-11H,5-7H2,1-4H3,(H,19,20). The van der Waals surface area contributed by atoms with E-state index in [1.165, 1.54) is 30.3 Å². The van der Waals surface area contributed by atoms with Gasteiger partial charge in [-0.2, -0.15) is 5.10 Å². The molecule has 22 heavy (non-hydrogen) atoms. The number of benzene rings is 1. The molecule has 2 aromatic rings. The van der Waals surface area contributed by atoms with E-state index in [-0.39, 0.29) is 18.3 Å². The molecule has 2 fully saturated rings. The third-order valence-corrected chi connectivity index (χ3v) is 5.65. The second-order valence-corrected chi connectivity index (χ2v) is 7.63. The van der Waals surface area contributed by atoms with Gasteiger partial charge in [-0.1, -0.05) is 18.6 Å². The van der Waals surface area contributed by atoms with Crippen molar-refractivity contribution in [3.8, 4) is 0 Å². The Labute approximate surface area is 131 Å². The van der Waals surface area contributed by atoms with Gasteiger partial charge >= 0.3 is 7.12 Å². The van der Waals surface area contributed by atoms with Crippen molar-refractivity contribution in [2.45, 2.75) is 64.1 Å². The van der Waals surface area contributed by atoms with Crippen LogP contribution in [0.2, 0.25) is 0 Å². The molecule has 0 spiro atoms. The molecule has 0 amide bonds. The lowest BCUT2D eigenvalue weighted by Gasteiger charge is -2.32. The molecule has 116 valence electrons. The summed E-state index contributed by atoms with van der Waals surface area (Å²) in [7, 11) is -0.307. The molecule has 1 aromatic heterocycles. The Balaban J connectivity index is 1.71. The molecule has 4 nitrogen and oxygen atoms in total. The van der Waals surface area contributed by atoms with Crippen molar-refractivity contribution in [3.63, 3.8) is 0 Å². The minimum absolute atomic E-state index is 0.306. The lowest BCUT2D eigenvalue weighted by Crippen LogP contribution is -2.41. The molecular weight excluding hydrogens is 275 g/mol. The van der Waals surface area contributed by atoms with Gasteiger partial charge in [-0.3, -0.25) is 5.10 Å². The normalized spacial score (nSPS) is 23.9. The molecule has 1 saturated carbocycles.